The highest BCUT2D eigenvalue weighted by Crippen LogP contribution is 2.20. The van der Waals surface area contributed by atoms with E-state index in [1.807, 2.05) is 79.0 Å². The van der Waals surface area contributed by atoms with E-state index >= 15 is 0 Å². The fourth-order valence-corrected chi connectivity index (χ4v) is 3.01. The largest absolute Gasteiger partial charge is 0.492 e. The molecule has 2 heterocycles. The second-order valence-corrected chi connectivity index (χ2v) is 7.16. The lowest BCUT2D eigenvalue weighted by Crippen LogP contribution is -2.11. The van der Waals surface area contributed by atoms with Crippen LogP contribution in [0.4, 0.5) is 5.69 Å². The molecule has 4 aromatic rings. The Labute approximate surface area is 186 Å². The van der Waals surface area contributed by atoms with Crippen LogP contribution in [-0.4, -0.2) is 23.1 Å². The van der Waals surface area contributed by atoms with Crippen molar-refractivity contribution in [3.8, 4) is 28.7 Å². The molecule has 31 heavy (non-hydrogen) atoms. The van der Waals surface area contributed by atoms with E-state index in [1.165, 1.54) is 0 Å². The van der Waals surface area contributed by atoms with Gasteiger partial charge in [-0.15, -0.1) is 0 Å². The first-order chi connectivity index (χ1) is 15.3. The van der Waals surface area contributed by atoms with Gasteiger partial charge in [-0.1, -0.05) is 35.7 Å². The van der Waals surface area contributed by atoms with Crippen molar-refractivity contribution in [2.75, 3.05) is 18.5 Å². The second kappa shape index (κ2) is 10.3. The quantitative estimate of drug-likeness (QED) is 0.318. The maximum Gasteiger partial charge on any atom is 0.119 e. The third kappa shape index (κ3) is 6.08. The van der Waals surface area contributed by atoms with Crippen LogP contribution in [0.2, 0.25) is 5.02 Å². The Bertz CT molecular complexity index is 1160. The normalized spacial score (nSPS) is 10.1. The molecule has 0 aliphatic carbocycles. The van der Waals surface area contributed by atoms with Crippen molar-refractivity contribution in [3.05, 3.63) is 108 Å². The number of anilines is 1. The molecule has 0 unspecified atom stereocenters. The highest BCUT2D eigenvalue weighted by molar-refractivity contribution is 6.30. The van der Waals surface area contributed by atoms with Gasteiger partial charge >= 0.3 is 0 Å². The summed E-state index contributed by atoms with van der Waals surface area (Å²) in [5.41, 5.74) is 4.76. The number of halogens is 1. The lowest BCUT2D eigenvalue weighted by Gasteiger charge is -2.08. The molecule has 0 fully saturated rings. The molecule has 2 aromatic carbocycles. The molecule has 1 N–H and O–H groups in total. The van der Waals surface area contributed by atoms with E-state index in [9.17, 15) is 0 Å². The molecule has 0 spiro atoms. The van der Waals surface area contributed by atoms with Crippen LogP contribution in [0.25, 0.3) is 11.1 Å². The van der Waals surface area contributed by atoms with Gasteiger partial charge in [0.1, 0.15) is 18.1 Å². The molecule has 2 aromatic heterocycles. The first-order valence-corrected chi connectivity index (χ1v) is 10.2. The molecule has 0 saturated carbocycles. The Morgan fingerprint density at radius 2 is 1.55 bits per heavy atom. The highest BCUT2D eigenvalue weighted by atomic mass is 35.5. The molecule has 4 rings (SSSR count). The summed E-state index contributed by atoms with van der Waals surface area (Å²) in [6.45, 7) is 1.28. The minimum atomic E-state index is 0.567. The van der Waals surface area contributed by atoms with Gasteiger partial charge in [-0.3, -0.25) is 4.98 Å². The number of hydrogen-bond acceptors (Lipinski definition) is 4. The fourth-order valence-electron chi connectivity index (χ4n) is 2.89. The first-order valence-electron chi connectivity index (χ1n) is 9.87. The molecule has 0 saturated heterocycles. The summed E-state index contributed by atoms with van der Waals surface area (Å²) in [7, 11) is 0. The van der Waals surface area contributed by atoms with Crippen LogP contribution in [0.1, 0.15) is 11.3 Å². The number of pyridine rings is 2. The Kier molecular flexibility index (Phi) is 6.79. The molecular formula is C26H20ClN3O. The summed E-state index contributed by atoms with van der Waals surface area (Å²) < 4.78 is 5.76. The molecule has 0 amide bonds. The van der Waals surface area contributed by atoms with Crippen molar-refractivity contribution in [3.63, 3.8) is 0 Å². The summed E-state index contributed by atoms with van der Waals surface area (Å²) in [5, 5.41) is 4.00. The van der Waals surface area contributed by atoms with E-state index < -0.39 is 0 Å². The van der Waals surface area contributed by atoms with Crippen LogP contribution >= 0.6 is 11.6 Å². The molecule has 0 bridgehead atoms. The van der Waals surface area contributed by atoms with Crippen LogP contribution in [0, 0.1) is 11.8 Å². The summed E-state index contributed by atoms with van der Waals surface area (Å²) >= 11 is 5.94. The average Bonchev–Trinajstić information content (AvgIpc) is 2.83. The van der Waals surface area contributed by atoms with Crippen molar-refractivity contribution in [1.29, 1.82) is 0 Å². The van der Waals surface area contributed by atoms with E-state index in [1.54, 1.807) is 12.4 Å². The van der Waals surface area contributed by atoms with Gasteiger partial charge in [-0.2, -0.15) is 0 Å². The van der Waals surface area contributed by atoms with Crippen molar-refractivity contribution in [2.24, 2.45) is 0 Å². The third-order valence-corrected chi connectivity index (χ3v) is 4.76. The number of rotatable bonds is 6. The SMILES string of the molecule is Clc1ccc(-c2ccc(C#Cc3ccc(OCCNc4ccncc4)cc3)nc2)cc1. The van der Waals surface area contributed by atoms with Gasteiger partial charge in [-0.05, 0) is 66.1 Å². The van der Waals surface area contributed by atoms with E-state index in [0.29, 0.717) is 13.2 Å². The minimum absolute atomic E-state index is 0.567. The predicted molar refractivity (Wildman–Crippen MR) is 125 cm³/mol. The predicted octanol–water partition coefficient (Wildman–Crippen LogP) is 5.69. The van der Waals surface area contributed by atoms with E-state index in [-0.39, 0.29) is 0 Å². The molecular weight excluding hydrogens is 406 g/mol. The summed E-state index contributed by atoms with van der Waals surface area (Å²) in [5.74, 6) is 7.05. The monoisotopic (exact) mass is 425 g/mol. The molecule has 152 valence electrons. The summed E-state index contributed by atoms with van der Waals surface area (Å²) in [6, 6.07) is 23.2. The van der Waals surface area contributed by atoms with Gasteiger partial charge in [0.15, 0.2) is 0 Å². The van der Waals surface area contributed by atoms with Crippen LogP contribution in [0.5, 0.6) is 5.75 Å². The van der Waals surface area contributed by atoms with Gasteiger partial charge in [0, 0.05) is 47.0 Å². The van der Waals surface area contributed by atoms with E-state index in [0.717, 1.165) is 38.8 Å². The number of nitrogens with zero attached hydrogens (tertiary/aromatic N) is 2. The van der Waals surface area contributed by atoms with Crippen molar-refractivity contribution >= 4 is 17.3 Å². The number of aromatic nitrogens is 2. The molecule has 0 aliphatic rings. The second-order valence-electron chi connectivity index (χ2n) is 6.72. The van der Waals surface area contributed by atoms with Gasteiger partial charge < -0.3 is 10.1 Å². The summed E-state index contributed by atoms with van der Waals surface area (Å²) in [6.07, 6.45) is 5.34. The Morgan fingerprint density at radius 1 is 0.806 bits per heavy atom. The van der Waals surface area contributed by atoms with E-state index in [4.69, 9.17) is 16.3 Å². The van der Waals surface area contributed by atoms with E-state index in [2.05, 4.69) is 27.1 Å². The smallest absolute Gasteiger partial charge is 0.119 e. The number of hydrogen-bond donors (Lipinski definition) is 1. The van der Waals surface area contributed by atoms with Crippen molar-refractivity contribution in [1.82, 2.24) is 9.97 Å². The van der Waals surface area contributed by atoms with Crippen molar-refractivity contribution in [2.45, 2.75) is 0 Å². The van der Waals surface area contributed by atoms with Crippen LogP contribution in [-0.2, 0) is 0 Å². The molecule has 0 atom stereocenters. The van der Waals surface area contributed by atoms with Gasteiger partial charge in [-0.25, -0.2) is 4.98 Å². The third-order valence-electron chi connectivity index (χ3n) is 4.51. The lowest BCUT2D eigenvalue weighted by atomic mass is 10.1. The van der Waals surface area contributed by atoms with Crippen LogP contribution in [0.3, 0.4) is 0 Å². The Hall–Kier alpha value is -3.81. The maximum atomic E-state index is 5.94. The van der Waals surface area contributed by atoms with Gasteiger partial charge in [0.2, 0.25) is 0 Å². The minimum Gasteiger partial charge on any atom is -0.492 e. The molecule has 4 nitrogen and oxygen atoms in total. The van der Waals surface area contributed by atoms with Gasteiger partial charge in [0.05, 0.1) is 0 Å². The zero-order valence-electron chi connectivity index (χ0n) is 16.8. The van der Waals surface area contributed by atoms with Crippen LogP contribution in [0.15, 0.2) is 91.4 Å². The Balaban J connectivity index is 1.29. The molecule has 0 radical (unpaired) electrons. The zero-order valence-corrected chi connectivity index (χ0v) is 17.5. The zero-order chi connectivity index (χ0) is 21.3. The fraction of sp³-hybridized carbons (Fsp3) is 0.0769. The highest BCUT2D eigenvalue weighted by Gasteiger charge is 1.99. The van der Waals surface area contributed by atoms with Crippen molar-refractivity contribution < 1.29 is 4.74 Å². The van der Waals surface area contributed by atoms with Crippen LogP contribution < -0.4 is 10.1 Å². The number of nitrogens with one attached hydrogen (secondary N) is 1. The summed E-state index contributed by atoms with van der Waals surface area (Å²) in [4.78, 5) is 8.44. The lowest BCUT2D eigenvalue weighted by molar-refractivity contribution is 0.333. The van der Waals surface area contributed by atoms with Gasteiger partial charge in [0.25, 0.3) is 0 Å². The number of benzene rings is 2. The average molecular weight is 426 g/mol. The maximum absolute atomic E-state index is 5.94. The topological polar surface area (TPSA) is 47.0 Å². The molecule has 5 heteroatoms. The first kappa shape index (κ1) is 20.5. The Morgan fingerprint density at radius 3 is 2.26 bits per heavy atom. The number of ether oxygens (including phenoxy) is 1. The molecule has 0 aliphatic heterocycles. The standard InChI is InChI=1S/C26H20ClN3O/c27-23-7-4-21(5-8-23)22-6-10-24(30-19-22)9-1-20-2-11-26(12-3-20)31-18-17-29-25-13-15-28-16-14-25/h2-8,10-16,19H,17-18H2,(H,28,29).